The van der Waals surface area contributed by atoms with E-state index in [1.165, 1.54) is 12.1 Å². The molecule has 5 nitrogen and oxygen atoms in total. The molecule has 0 saturated heterocycles. The normalized spacial score (nSPS) is 14.7. The fourth-order valence-electron chi connectivity index (χ4n) is 3.27. The van der Waals surface area contributed by atoms with Crippen molar-refractivity contribution in [3.05, 3.63) is 71.7 Å². The minimum Gasteiger partial charge on any atom is -0.350 e. The van der Waals surface area contributed by atoms with E-state index in [1.54, 1.807) is 23.0 Å². The van der Waals surface area contributed by atoms with Gasteiger partial charge in [0, 0.05) is 24.3 Å². The molecule has 1 aliphatic carbocycles. The van der Waals surface area contributed by atoms with Crippen molar-refractivity contribution in [2.24, 2.45) is 11.7 Å². The van der Waals surface area contributed by atoms with Gasteiger partial charge in [-0.1, -0.05) is 23.8 Å². The zero-order valence-electron chi connectivity index (χ0n) is 15.7. The summed E-state index contributed by atoms with van der Waals surface area (Å²) in [6, 6.07) is 13.8. The lowest BCUT2D eigenvalue weighted by Crippen LogP contribution is -2.38. The van der Waals surface area contributed by atoms with Crippen molar-refractivity contribution < 1.29 is 9.18 Å². The summed E-state index contributed by atoms with van der Waals surface area (Å²) in [6.45, 7) is 2.44. The number of carbonyl (C=O) groups excluding carboxylic acids is 1. The Hall–Kier alpha value is -2.99. The predicted octanol–water partition coefficient (Wildman–Crippen LogP) is 3.45. The average molecular weight is 378 g/mol. The van der Waals surface area contributed by atoms with Crippen LogP contribution in [0.15, 0.2) is 54.7 Å². The molecular formula is C22H23FN4O. The first kappa shape index (κ1) is 18.4. The van der Waals surface area contributed by atoms with Gasteiger partial charge in [0.15, 0.2) is 0 Å². The first-order chi connectivity index (χ1) is 13.5. The van der Waals surface area contributed by atoms with Gasteiger partial charge in [-0.25, -0.2) is 9.07 Å². The second-order valence-electron chi connectivity index (χ2n) is 7.39. The number of hydrogen-bond acceptors (Lipinski definition) is 3. The number of aryl methyl sites for hydroxylation is 1. The molecule has 0 spiro atoms. The molecule has 1 atom stereocenters. The number of nitrogens with two attached hydrogens (primary N) is 1. The molecule has 1 amide bonds. The van der Waals surface area contributed by atoms with Crippen LogP contribution in [0.2, 0.25) is 0 Å². The molecule has 0 aliphatic heterocycles. The van der Waals surface area contributed by atoms with E-state index in [2.05, 4.69) is 10.4 Å². The van der Waals surface area contributed by atoms with Crippen molar-refractivity contribution in [2.75, 3.05) is 6.54 Å². The molecule has 6 heteroatoms. The van der Waals surface area contributed by atoms with Crippen LogP contribution in [0.5, 0.6) is 0 Å². The van der Waals surface area contributed by atoms with E-state index in [0.717, 1.165) is 24.0 Å². The summed E-state index contributed by atoms with van der Waals surface area (Å²) in [6.07, 6.45) is 3.95. The van der Waals surface area contributed by atoms with Gasteiger partial charge in [-0.3, -0.25) is 4.79 Å². The fraction of sp³-hybridized carbons (Fsp3) is 0.273. The van der Waals surface area contributed by atoms with Crippen LogP contribution in [0.25, 0.3) is 16.9 Å². The molecule has 1 unspecified atom stereocenters. The maximum absolute atomic E-state index is 13.3. The summed E-state index contributed by atoms with van der Waals surface area (Å²) in [7, 11) is 0. The van der Waals surface area contributed by atoms with E-state index in [-0.39, 0.29) is 17.8 Å². The lowest BCUT2D eigenvalue weighted by atomic mass is 10.1. The van der Waals surface area contributed by atoms with Crippen LogP contribution < -0.4 is 11.1 Å². The van der Waals surface area contributed by atoms with Crippen molar-refractivity contribution in [1.29, 1.82) is 0 Å². The van der Waals surface area contributed by atoms with Crippen LogP contribution in [-0.4, -0.2) is 28.3 Å². The number of amides is 1. The zero-order valence-corrected chi connectivity index (χ0v) is 15.7. The first-order valence-corrected chi connectivity index (χ1v) is 9.47. The summed E-state index contributed by atoms with van der Waals surface area (Å²) >= 11 is 0. The van der Waals surface area contributed by atoms with Crippen LogP contribution >= 0.6 is 0 Å². The Kier molecular flexibility index (Phi) is 4.96. The van der Waals surface area contributed by atoms with Gasteiger partial charge < -0.3 is 11.1 Å². The van der Waals surface area contributed by atoms with Gasteiger partial charge in [0.2, 0.25) is 0 Å². The molecule has 3 N–H and O–H groups in total. The first-order valence-electron chi connectivity index (χ1n) is 9.47. The number of benzene rings is 2. The standard InChI is InChI=1S/C22H23FN4O/c1-14-3-2-4-16(11-14)21-19(22(28)25-12-20(24)15-5-6-15)13-27(26-21)18-9-7-17(23)8-10-18/h2-4,7-11,13,15,20H,5-6,12,24H2,1H3,(H,25,28). The Morgan fingerprint density at radius 3 is 2.71 bits per heavy atom. The third-order valence-corrected chi connectivity index (χ3v) is 5.07. The van der Waals surface area contributed by atoms with Crippen molar-refractivity contribution in [1.82, 2.24) is 15.1 Å². The van der Waals surface area contributed by atoms with E-state index in [9.17, 15) is 9.18 Å². The summed E-state index contributed by atoms with van der Waals surface area (Å²) in [4.78, 5) is 12.9. The van der Waals surface area contributed by atoms with Gasteiger partial charge in [0.05, 0.1) is 11.3 Å². The van der Waals surface area contributed by atoms with Gasteiger partial charge >= 0.3 is 0 Å². The van der Waals surface area contributed by atoms with Gasteiger partial charge in [0.25, 0.3) is 5.91 Å². The largest absolute Gasteiger partial charge is 0.350 e. The Morgan fingerprint density at radius 2 is 2.04 bits per heavy atom. The van der Waals surface area contributed by atoms with Gasteiger partial charge in [-0.15, -0.1) is 0 Å². The molecule has 2 aromatic carbocycles. The molecule has 1 aromatic heterocycles. The predicted molar refractivity (Wildman–Crippen MR) is 107 cm³/mol. The highest BCUT2D eigenvalue weighted by molar-refractivity contribution is 6.00. The molecule has 28 heavy (non-hydrogen) atoms. The molecule has 1 heterocycles. The maximum Gasteiger partial charge on any atom is 0.255 e. The highest BCUT2D eigenvalue weighted by atomic mass is 19.1. The summed E-state index contributed by atoms with van der Waals surface area (Å²) < 4.78 is 14.9. The third kappa shape index (κ3) is 3.97. The van der Waals surface area contributed by atoms with Crippen LogP contribution in [-0.2, 0) is 0 Å². The monoisotopic (exact) mass is 378 g/mol. The third-order valence-electron chi connectivity index (χ3n) is 5.07. The molecule has 144 valence electrons. The van der Waals surface area contributed by atoms with Crippen molar-refractivity contribution in [3.63, 3.8) is 0 Å². The molecule has 1 fully saturated rings. The highest BCUT2D eigenvalue weighted by Gasteiger charge is 2.29. The average Bonchev–Trinajstić information content (AvgIpc) is 3.45. The Labute approximate surface area is 163 Å². The minimum atomic E-state index is -0.318. The number of aromatic nitrogens is 2. The molecule has 4 rings (SSSR count). The van der Waals surface area contributed by atoms with E-state index < -0.39 is 0 Å². The van der Waals surface area contributed by atoms with Crippen molar-refractivity contribution >= 4 is 5.91 Å². The molecule has 3 aromatic rings. The summed E-state index contributed by atoms with van der Waals surface area (Å²) in [5.74, 6) is -0.0127. The number of halogens is 1. The summed E-state index contributed by atoms with van der Waals surface area (Å²) in [5, 5.41) is 7.56. The van der Waals surface area contributed by atoms with Crippen molar-refractivity contribution in [2.45, 2.75) is 25.8 Å². The topological polar surface area (TPSA) is 72.9 Å². The Balaban J connectivity index is 1.67. The quantitative estimate of drug-likeness (QED) is 0.690. The highest BCUT2D eigenvalue weighted by Crippen LogP contribution is 2.31. The molecule has 1 aliphatic rings. The summed E-state index contributed by atoms with van der Waals surface area (Å²) in [5.41, 5.74) is 9.80. The van der Waals surface area contributed by atoms with Crippen LogP contribution in [0.3, 0.4) is 0 Å². The fourth-order valence-corrected chi connectivity index (χ4v) is 3.27. The minimum absolute atomic E-state index is 0.0153. The second-order valence-corrected chi connectivity index (χ2v) is 7.39. The number of rotatable bonds is 6. The Morgan fingerprint density at radius 1 is 1.29 bits per heavy atom. The van der Waals surface area contributed by atoms with Crippen molar-refractivity contribution in [3.8, 4) is 16.9 Å². The van der Waals surface area contributed by atoms with Crippen LogP contribution in [0.1, 0.15) is 28.8 Å². The van der Waals surface area contributed by atoms with Gasteiger partial charge in [-0.2, -0.15) is 5.10 Å². The second kappa shape index (κ2) is 7.56. The zero-order chi connectivity index (χ0) is 19.7. The van der Waals surface area contributed by atoms with E-state index in [4.69, 9.17) is 5.73 Å². The Bertz CT molecular complexity index is 992. The molecular weight excluding hydrogens is 355 g/mol. The van der Waals surface area contributed by atoms with E-state index in [0.29, 0.717) is 29.4 Å². The smallest absolute Gasteiger partial charge is 0.255 e. The maximum atomic E-state index is 13.3. The van der Waals surface area contributed by atoms with Crippen LogP contribution in [0, 0.1) is 18.7 Å². The SMILES string of the molecule is Cc1cccc(-c2nn(-c3ccc(F)cc3)cc2C(=O)NCC(N)C2CC2)c1. The molecule has 1 saturated carbocycles. The van der Waals surface area contributed by atoms with E-state index >= 15 is 0 Å². The molecule has 0 bridgehead atoms. The van der Waals surface area contributed by atoms with Gasteiger partial charge in [0.1, 0.15) is 11.5 Å². The lowest BCUT2D eigenvalue weighted by molar-refractivity contribution is 0.0951. The number of hydrogen-bond donors (Lipinski definition) is 2. The molecule has 0 radical (unpaired) electrons. The number of carbonyl (C=O) groups is 1. The van der Waals surface area contributed by atoms with E-state index in [1.807, 2.05) is 31.2 Å². The number of nitrogens with one attached hydrogen (secondary N) is 1. The van der Waals surface area contributed by atoms with Crippen LogP contribution in [0.4, 0.5) is 4.39 Å². The van der Waals surface area contributed by atoms with Gasteiger partial charge in [-0.05, 0) is 56.0 Å². The number of nitrogens with zero attached hydrogens (tertiary/aromatic N) is 2. The lowest BCUT2D eigenvalue weighted by Gasteiger charge is -2.11.